The van der Waals surface area contributed by atoms with Crippen molar-refractivity contribution in [3.05, 3.63) is 34.9 Å². The van der Waals surface area contributed by atoms with E-state index in [1.165, 1.54) is 4.90 Å². The zero-order valence-electron chi connectivity index (χ0n) is 21.6. The van der Waals surface area contributed by atoms with E-state index in [0.29, 0.717) is 18.4 Å². The summed E-state index contributed by atoms with van der Waals surface area (Å²) in [5.74, 6) is -1.10. The van der Waals surface area contributed by atoms with Crippen LogP contribution in [0.15, 0.2) is 18.2 Å². The van der Waals surface area contributed by atoms with Crippen LogP contribution in [0.1, 0.15) is 62.0 Å². The number of esters is 1. The van der Waals surface area contributed by atoms with Gasteiger partial charge >= 0.3 is 22.4 Å². The Hall–Kier alpha value is -2.70. The van der Waals surface area contributed by atoms with Gasteiger partial charge in [0, 0.05) is 12.0 Å². The molecule has 11 nitrogen and oxygen atoms in total. The monoisotopic (exact) mass is 525 g/mol. The van der Waals surface area contributed by atoms with E-state index in [9.17, 15) is 22.8 Å². The molecule has 2 saturated heterocycles. The number of nitrogens with zero attached hydrogens (tertiary/aromatic N) is 2. The summed E-state index contributed by atoms with van der Waals surface area (Å²) >= 11 is 0. The second-order valence-corrected chi connectivity index (χ2v) is 12.0. The third-order valence-electron chi connectivity index (χ3n) is 7.47. The molecule has 2 aliphatic rings. The van der Waals surface area contributed by atoms with E-state index in [0.717, 1.165) is 16.2 Å². The van der Waals surface area contributed by atoms with Gasteiger partial charge in [0.1, 0.15) is 6.04 Å². The number of rotatable bonds is 10. The topological polar surface area (TPSA) is 146 Å². The van der Waals surface area contributed by atoms with Crippen LogP contribution in [0.5, 0.6) is 0 Å². The maximum Gasteiger partial charge on any atom is 0.421 e. The molecule has 0 aliphatic carbocycles. The third-order valence-corrected chi connectivity index (χ3v) is 8.22. The smallest absolute Gasteiger partial charge is 0.421 e. The minimum atomic E-state index is -4.60. The first-order valence-electron chi connectivity index (χ1n) is 11.8. The Morgan fingerprint density at radius 1 is 1.06 bits per heavy atom. The summed E-state index contributed by atoms with van der Waals surface area (Å²) in [4.78, 5) is 38.1. The van der Waals surface area contributed by atoms with Gasteiger partial charge in [0.05, 0.1) is 24.8 Å². The zero-order valence-corrected chi connectivity index (χ0v) is 22.4. The molecule has 2 heterocycles. The molecule has 200 valence electrons. The van der Waals surface area contributed by atoms with Crippen molar-refractivity contribution in [1.29, 1.82) is 0 Å². The summed E-state index contributed by atoms with van der Waals surface area (Å²) in [5, 5.41) is 0.739. The standard InChI is InChI=1S/C24H35N3O8S/c1-15-8-7-9-16(2)19(15)21(29)33-13-23(3,4)24(5,6)14-34-36(31,32)35-27-17-10-11-18(20(25)28)26(12-17)22(27)30/h7-9,17-18H,10-14H2,1-6H3,(H2,25,28)/t17-,18+/m1/s1. The van der Waals surface area contributed by atoms with Gasteiger partial charge < -0.3 is 15.4 Å². The van der Waals surface area contributed by atoms with Crippen LogP contribution < -0.4 is 5.73 Å². The number of carbonyl (C=O) groups is 3. The lowest BCUT2D eigenvalue weighted by atomic mass is 9.69. The highest BCUT2D eigenvalue weighted by atomic mass is 32.3. The molecule has 0 saturated carbocycles. The normalized spacial score (nSPS) is 20.6. The first kappa shape index (κ1) is 27.9. The molecule has 1 aromatic rings. The first-order chi connectivity index (χ1) is 16.6. The molecule has 36 heavy (non-hydrogen) atoms. The zero-order chi connectivity index (χ0) is 27.1. The second-order valence-electron chi connectivity index (χ2n) is 10.8. The number of fused-ring (bicyclic) bond motifs is 2. The lowest BCUT2D eigenvalue weighted by Gasteiger charge is -2.40. The van der Waals surface area contributed by atoms with Crippen molar-refractivity contribution >= 4 is 28.3 Å². The predicted octanol–water partition coefficient (Wildman–Crippen LogP) is 2.46. The molecule has 0 aromatic heterocycles. The Balaban J connectivity index is 1.60. The van der Waals surface area contributed by atoms with Crippen molar-refractivity contribution in [2.75, 3.05) is 19.8 Å². The minimum absolute atomic E-state index is 0.0209. The molecular weight excluding hydrogens is 490 g/mol. The fourth-order valence-electron chi connectivity index (χ4n) is 4.21. The van der Waals surface area contributed by atoms with Crippen LogP contribution in [0.4, 0.5) is 4.79 Å². The van der Waals surface area contributed by atoms with Crippen LogP contribution in [-0.4, -0.2) is 68.1 Å². The third kappa shape index (κ3) is 5.65. The highest BCUT2D eigenvalue weighted by Gasteiger charge is 2.49. The Kier molecular flexibility index (Phi) is 7.73. The van der Waals surface area contributed by atoms with Gasteiger partial charge in [0.25, 0.3) is 0 Å². The molecule has 2 aliphatic heterocycles. The summed E-state index contributed by atoms with van der Waals surface area (Å²) in [6.07, 6.45) is 0.699. The number of nitrogens with two attached hydrogens (primary N) is 1. The maximum atomic E-state index is 12.7. The molecule has 2 N–H and O–H groups in total. The maximum absolute atomic E-state index is 12.7. The van der Waals surface area contributed by atoms with Gasteiger partial charge in [-0.25, -0.2) is 13.8 Å². The van der Waals surface area contributed by atoms with Crippen LogP contribution in [0.25, 0.3) is 0 Å². The van der Waals surface area contributed by atoms with Gasteiger partial charge in [-0.15, -0.1) is 4.28 Å². The van der Waals surface area contributed by atoms with E-state index in [4.69, 9.17) is 18.9 Å². The molecule has 12 heteroatoms. The number of amides is 3. The van der Waals surface area contributed by atoms with Crippen molar-refractivity contribution in [3.63, 3.8) is 0 Å². The largest absolute Gasteiger partial charge is 0.461 e. The van der Waals surface area contributed by atoms with Crippen LogP contribution in [0.3, 0.4) is 0 Å². The fourth-order valence-corrected chi connectivity index (χ4v) is 5.07. The first-order valence-corrected chi connectivity index (χ1v) is 13.1. The van der Waals surface area contributed by atoms with E-state index < -0.39 is 51.2 Å². The van der Waals surface area contributed by atoms with E-state index in [1.54, 1.807) is 13.8 Å². The van der Waals surface area contributed by atoms with Gasteiger partial charge in [-0.05, 0) is 43.2 Å². The van der Waals surface area contributed by atoms with Crippen LogP contribution in [0, 0.1) is 24.7 Å². The number of benzene rings is 1. The summed E-state index contributed by atoms with van der Waals surface area (Å²) in [6.45, 7) is 10.8. The molecule has 0 unspecified atom stereocenters. The molecule has 1 aromatic carbocycles. The molecule has 2 atom stereocenters. The summed E-state index contributed by atoms with van der Waals surface area (Å²) in [6, 6.07) is 3.47. The molecule has 2 fully saturated rings. The SMILES string of the molecule is Cc1cccc(C)c1C(=O)OCC(C)(C)C(C)(C)COS(=O)(=O)ON1C(=O)N2C[C@H]1CC[C@H]2C(N)=O. The van der Waals surface area contributed by atoms with Crippen molar-refractivity contribution in [2.24, 2.45) is 16.6 Å². The Morgan fingerprint density at radius 2 is 1.64 bits per heavy atom. The van der Waals surface area contributed by atoms with Gasteiger partial charge in [0.15, 0.2) is 0 Å². The van der Waals surface area contributed by atoms with Crippen LogP contribution in [0.2, 0.25) is 0 Å². The predicted molar refractivity (Wildman–Crippen MR) is 130 cm³/mol. The lowest BCUT2D eigenvalue weighted by Crippen LogP contribution is -2.47. The quantitative estimate of drug-likeness (QED) is 0.459. The number of hydroxylamine groups is 2. The van der Waals surface area contributed by atoms with E-state index in [2.05, 4.69) is 0 Å². The number of piperidine rings is 1. The molecule has 2 bridgehead atoms. The number of carbonyl (C=O) groups excluding carboxylic acids is 3. The molecule has 3 rings (SSSR count). The number of ether oxygens (including phenoxy) is 1. The summed E-state index contributed by atoms with van der Waals surface area (Å²) in [5.41, 5.74) is 6.00. The average molecular weight is 526 g/mol. The van der Waals surface area contributed by atoms with E-state index in [1.807, 2.05) is 45.9 Å². The minimum Gasteiger partial charge on any atom is -0.461 e. The van der Waals surface area contributed by atoms with E-state index in [-0.39, 0.29) is 19.8 Å². The molecular formula is C24H35N3O8S. The Morgan fingerprint density at radius 3 is 2.22 bits per heavy atom. The molecule has 0 radical (unpaired) electrons. The van der Waals surface area contributed by atoms with Crippen molar-refractivity contribution in [2.45, 2.75) is 66.5 Å². The number of aryl methyl sites for hydroxylation is 2. The van der Waals surface area contributed by atoms with E-state index >= 15 is 0 Å². The van der Waals surface area contributed by atoms with Gasteiger partial charge in [-0.1, -0.05) is 45.9 Å². The van der Waals surface area contributed by atoms with Crippen molar-refractivity contribution in [1.82, 2.24) is 9.96 Å². The van der Waals surface area contributed by atoms with Crippen LogP contribution >= 0.6 is 0 Å². The van der Waals surface area contributed by atoms with Gasteiger partial charge in [-0.2, -0.15) is 13.5 Å². The number of urea groups is 1. The van der Waals surface area contributed by atoms with Gasteiger partial charge in [0.2, 0.25) is 5.91 Å². The fraction of sp³-hybridized carbons (Fsp3) is 0.625. The van der Waals surface area contributed by atoms with Crippen molar-refractivity contribution < 1.29 is 36.0 Å². The second kappa shape index (κ2) is 9.98. The molecule has 0 spiro atoms. The van der Waals surface area contributed by atoms with Gasteiger partial charge in [-0.3, -0.25) is 4.79 Å². The highest BCUT2D eigenvalue weighted by Crippen LogP contribution is 2.40. The summed E-state index contributed by atoms with van der Waals surface area (Å²) < 4.78 is 41.0. The average Bonchev–Trinajstić information content (AvgIpc) is 3.00. The summed E-state index contributed by atoms with van der Waals surface area (Å²) in [7, 11) is -4.60. The van der Waals surface area contributed by atoms with Crippen LogP contribution in [-0.2, 0) is 28.4 Å². The lowest BCUT2D eigenvalue weighted by molar-refractivity contribution is -0.122. The van der Waals surface area contributed by atoms with Crippen molar-refractivity contribution in [3.8, 4) is 0 Å². The molecule has 3 amide bonds. The number of primary amides is 1. The number of hydrogen-bond donors (Lipinski definition) is 1. The number of hydrogen-bond acceptors (Lipinski definition) is 8. The highest BCUT2D eigenvalue weighted by molar-refractivity contribution is 7.81. The Labute approximate surface area is 212 Å². The Bertz CT molecular complexity index is 1130.